The summed E-state index contributed by atoms with van der Waals surface area (Å²) >= 11 is 0. The second-order valence-corrected chi connectivity index (χ2v) is 7.66. The van der Waals surface area contributed by atoms with E-state index in [9.17, 15) is 13.2 Å². The van der Waals surface area contributed by atoms with Gasteiger partial charge < -0.3 is 5.32 Å². The van der Waals surface area contributed by atoms with Gasteiger partial charge in [0.25, 0.3) is 0 Å². The second kappa shape index (κ2) is 6.22. The number of nitrogens with one attached hydrogen (secondary N) is 1. The van der Waals surface area contributed by atoms with Crippen LogP contribution in [0, 0.1) is 0 Å². The van der Waals surface area contributed by atoms with Crippen molar-refractivity contribution in [3.05, 3.63) is 0 Å². The third-order valence-electron chi connectivity index (χ3n) is 4.13. The largest absolute Gasteiger partial charge is 0.352 e. The maximum Gasteiger partial charge on any atom is 0.238 e. The molecule has 2 fully saturated rings. The summed E-state index contributed by atoms with van der Waals surface area (Å²) in [5.41, 5.74) is 0. The zero-order valence-electron chi connectivity index (χ0n) is 11.6. The smallest absolute Gasteiger partial charge is 0.238 e. The number of hydrogen-bond acceptors (Lipinski definition) is 3. The molecule has 5 nitrogen and oxygen atoms in total. The fourth-order valence-corrected chi connectivity index (χ4v) is 4.23. The molecule has 1 heterocycles. The van der Waals surface area contributed by atoms with Crippen molar-refractivity contribution >= 4 is 15.9 Å². The van der Waals surface area contributed by atoms with E-state index < -0.39 is 16.1 Å². The van der Waals surface area contributed by atoms with Gasteiger partial charge in [-0.25, -0.2) is 8.42 Å². The molecule has 1 aliphatic heterocycles. The Bertz CT molecular complexity index is 416. The Morgan fingerprint density at radius 1 is 1.05 bits per heavy atom. The highest BCUT2D eigenvalue weighted by molar-refractivity contribution is 7.88. The molecule has 1 amide bonds. The summed E-state index contributed by atoms with van der Waals surface area (Å²) in [4.78, 5) is 12.3. The first-order valence-corrected chi connectivity index (χ1v) is 9.10. The minimum absolute atomic E-state index is 0.1000. The molecule has 0 aromatic heterocycles. The van der Waals surface area contributed by atoms with Crippen LogP contribution in [0.3, 0.4) is 0 Å². The molecule has 0 aromatic rings. The summed E-state index contributed by atoms with van der Waals surface area (Å²) in [6.07, 6.45) is 9.22. The first-order valence-electron chi connectivity index (χ1n) is 7.25. The van der Waals surface area contributed by atoms with Crippen LogP contribution in [0.15, 0.2) is 0 Å². The quantitative estimate of drug-likeness (QED) is 0.850. The Labute approximate surface area is 115 Å². The van der Waals surface area contributed by atoms with Crippen LogP contribution in [0.1, 0.15) is 51.4 Å². The van der Waals surface area contributed by atoms with Crippen LogP contribution in [-0.4, -0.2) is 43.5 Å². The summed E-state index contributed by atoms with van der Waals surface area (Å²) < 4.78 is 24.8. The number of rotatable bonds is 3. The number of hydrogen-bond donors (Lipinski definition) is 1. The first kappa shape index (κ1) is 14.8. The Balaban J connectivity index is 1.99. The van der Waals surface area contributed by atoms with Gasteiger partial charge in [-0.3, -0.25) is 4.79 Å². The van der Waals surface area contributed by atoms with Gasteiger partial charge in [-0.1, -0.05) is 25.7 Å². The average Bonchev–Trinajstić information content (AvgIpc) is 2.39. The molecule has 1 atom stereocenters. The number of sulfonamides is 1. The van der Waals surface area contributed by atoms with Crippen LogP contribution >= 0.6 is 0 Å². The predicted octanol–water partition coefficient (Wildman–Crippen LogP) is 1.25. The van der Waals surface area contributed by atoms with Crippen molar-refractivity contribution in [1.29, 1.82) is 0 Å². The maximum atomic E-state index is 12.3. The summed E-state index contributed by atoms with van der Waals surface area (Å²) in [6, 6.07) is -0.254. The van der Waals surface area contributed by atoms with Crippen LogP contribution < -0.4 is 5.32 Å². The van der Waals surface area contributed by atoms with Crippen LogP contribution in [-0.2, 0) is 14.8 Å². The molecule has 0 spiro atoms. The summed E-state index contributed by atoms with van der Waals surface area (Å²) in [5.74, 6) is -0.1000. The minimum Gasteiger partial charge on any atom is -0.352 e. The summed E-state index contributed by atoms with van der Waals surface area (Å²) in [7, 11) is -3.29. The van der Waals surface area contributed by atoms with Crippen LogP contribution in [0.4, 0.5) is 0 Å². The zero-order chi connectivity index (χ0) is 13.9. The lowest BCUT2D eigenvalue weighted by atomic mass is 9.95. The standard InChI is InChI=1S/C13H24N2O3S/c1-19(17,18)15-10-6-5-9-12(15)13(16)14-11-7-3-2-4-8-11/h11-12H,2-10H2,1H3,(H,14,16)/t12-/m1/s1. The molecular formula is C13H24N2O3S. The van der Waals surface area contributed by atoms with Gasteiger partial charge in [0.2, 0.25) is 15.9 Å². The van der Waals surface area contributed by atoms with Gasteiger partial charge in [0.15, 0.2) is 0 Å². The molecule has 1 saturated carbocycles. The molecule has 19 heavy (non-hydrogen) atoms. The molecule has 2 aliphatic rings. The molecule has 0 bridgehead atoms. The molecule has 0 unspecified atom stereocenters. The molecule has 1 aliphatic carbocycles. The van der Waals surface area contributed by atoms with Gasteiger partial charge in [-0.2, -0.15) is 4.31 Å². The highest BCUT2D eigenvalue weighted by Crippen LogP contribution is 2.22. The fraction of sp³-hybridized carbons (Fsp3) is 0.923. The van der Waals surface area contributed by atoms with E-state index in [4.69, 9.17) is 0 Å². The number of amides is 1. The number of carbonyl (C=O) groups excluding carboxylic acids is 1. The van der Waals surface area contributed by atoms with E-state index in [1.54, 1.807) is 0 Å². The van der Waals surface area contributed by atoms with E-state index in [0.29, 0.717) is 13.0 Å². The highest BCUT2D eigenvalue weighted by Gasteiger charge is 2.35. The van der Waals surface area contributed by atoms with E-state index in [1.165, 1.54) is 17.0 Å². The van der Waals surface area contributed by atoms with Crippen molar-refractivity contribution in [3.8, 4) is 0 Å². The second-order valence-electron chi connectivity index (χ2n) is 5.73. The third-order valence-corrected chi connectivity index (χ3v) is 5.42. The summed E-state index contributed by atoms with van der Waals surface area (Å²) in [6.45, 7) is 0.474. The molecule has 1 N–H and O–H groups in total. The van der Waals surface area contributed by atoms with Gasteiger partial charge in [0.1, 0.15) is 6.04 Å². The molecule has 2 rings (SSSR count). The van der Waals surface area contributed by atoms with E-state index in [2.05, 4.69) is 5.32 Å². The number of nitrogens with zero attached hydrogens (tertiary/aromatic N) is 1. The van der Waals surface area contributed by atoms with Crippen molar-refractivity contribution in [2.75, 3.05) is 12.8 Å². The van der Waals surface area contributed by atoms with E-state index in [1.807, 2.05) is 0 Å². The summed E-state index contributed by atoms with van der Waals surface area (Å²) in [5, 5.41) is 3.05. The first-order chi connectivity index (χ1) is 8.98. The van der Waals surface area contributed by atoms with E-state index in [0.717, 1.165) is 38.5 Å². The van der Waals surface area contributed by atoms with Crippen molar-refractivity contribution in [2.24, 2.45) is 0 Å². The lowest BCUT2D eigenvalue weighted by Crippen LogP contribution is -2.53. The molecule has 6 heteroatoms. The van der Waals surface area contributed by atoms with Crippen LogP contribution in [0.5, 0.6) is 0 Å². The van der Waals surface area contributed by atoms with E-state index >= 15 is 0 Å². The Morgan fingerprint density at radius 2 is 1.68 bits per heavy atom. The Kier molecular flexibility index (Phi) is 4.84. The Morgan fingerprint density at radius 3 is 2.32 bits per heavy atom. The van der Waals surface area contributed by atoms with Gasteiger partial charge >= 0.3 is 0 Å². The zero-order valence-corrected chi connectivity index (χ0v) is 12.4. The van der Waals surface area contributed by atoms with Gasteiger partial charge in [-0.15, -0.1) is 0 Å². The van der Waals surface area contributed by atoms with Crippen molar-refractivity contribution < 1.29 is 13.2 Å². The topological polar surface area (TPSA) is 66.5 Å². The average molecular weight is 288 g/mol. The fourth-order valence-electron chi connectivity index (χ4n) is 3.11. The third kappa shape index (κ3) is 3.92. The van der Waals surface area contributed by atoms with Crippen molar-refractivity contribution in [3.63, 3.8) is 0 Å². The van der Waals surface area contributed by atoms with Crippen LogP contribution in [0.2, 0.25) is 0 Å². The highest BCUT2D eigenvalue weighted by atomic mass is 32.2. The number of piperidine rings is 1. The molecule has 0 aromatic carbocycles. The van der Waals surface area contributed by atoms with Crippen LogP contribution in [0.25, 0.3) is 0 Å². The van der Waals surface area contributed by atoms with Crippen molar-refractivity contribution in [2.45, 2.75) is 63.5 Å². The van der Waals surface area contributed by atoms with Gasteiger partial charge in [0, 0.05) is 12.6 Å². The Hall–Kier alpha value is -0.620. The number of carbonyl (C=O) groups is 1. The normalized spacial score (nSPS) is 27.1. The molecule has 0 radical (unpaired) electrons. The molecule has 1 saturated heterocycles. The molecule has 110 valence electrons. The lowest BCUT2D eigenvalue weighted by Gasteiger charge is -2.34. The SMILES string of the molecule is CS(=O)(=O)N1CCCC[C@@H]1C(=O)NC1CCCCC1. The van der Waals surface area contributed by atoms with Gasteiger partial charge in [-0.05, 0) is 25.7 Å². The van der Waals surface area contributed by atoms with Gasteiger partial charge in [0.05, 0.1) is 6.26 Å². The maximum absolute atomic E-state index is 12.3. The minimum atomic E-state index is -3.29. The van der Waals surface area contributed by atoms with E-state index in [-0.39, 0.29) is 11.9 Å². The molecular weight excluding hydrogens is 264 g/mol. The van der Waals surface area contributed by atoms with Crippen molar-refractivity contribution in [1.82, 2.24) is 9.62 Å². The monoisotopic (exact) mass is 288 g/mol. The lowest BCUT2D eigenvalue weighted by molar-refractivity contribution is -0.126. The predicted molar refractivity (Wildman–Crippen MR) is 74.2 cm³/mol.